The van der Waals surface area contributed by atoms with E-state index in [0.29, 0.717) is 13.1 Å². The number of amides is 1. The Balaban J connectivity index is 0.00000288. The molecule has 0 bridgehead atoms. The second kappa shape index (κ2) is 11.1. The summed E-state index contributed by atoms with van der Waals surface area (Å²) in [5, 5.41) is 3.02. The number of imidazole rings is 1. The third kappa shape index (κ3) is 6.03. The zero-order valence-electron chi connectivity index (χ0n) is 14.8. The van der Waals surface area contributed by atoms with Gasteiger partial charge in [-0.15, -0.1) is 24.8 Å². The quantitative estimate of drug-likeness (QED) is 0.731. The van der Waals surface area contributed by atoms with Gasteiger partial charge in [-0.2, -0.15) is 0 Å². The number of nitrogens with zero attached hydrogens (tertiary/aromatic N) is 2. The number of hydrogen-bond acceptors (Lipinski definition) is 3. The van der Waals surface area contributed by atoms with Gasteiger partial charge in [0.25, 0.3) is 0 Å². The fourth-order valence-electron chi connectivity index (χ4n) is 2.68. The molecular formula is C18H28Cl2N4O. The summed E-state index contributed by atoms with van der Waals surface area (Å²) < 4.78 is 2.02. The van der Waals surface area contributed by atoms with E-state index < -0.39 is 5.41 Å². The summed E-state index contributed by atoms with van der Waals surface area (Å²) in [6.45, 7) is 5.75. The first-order valence-corrected chi connectivity index (χ1v) is 8.15. The first kappa shape index (κ1) is 23.4. The van der Waals surface area contributed by atoms with Crippen molar-refractivity contribution in [2.45, 2.75) is 39.8 Å². The normalized spacial score (nSPS) is 10.5. The van der Waals surface area contributed by atoms with E-state index in [0.717, 1.165) is 24.9 Å². The maximum atomic E-state index is 12.4. The third-order valence-corrected chi connectivity index (χ3v) is 4.63. The first-order chi connectivity index (χ1) is 11.1. The van der Waals surface area contributed by atoms with Gasteiger partial charge in [0.2, 0.25) is 5.91 Å². The van der Waals surface area contributed by atoms with E-state index in [1.165, 1.54) is 5.56 Å². The molecule has 0 atom stereocenters. The van der Waals surface area contributed by atoms with Crippen LogP contribution in [0, 0.1) is 5.41 Å². The smallest absolute Gasteiger partial charge is 0.227 e. The average molecular weight is 387 g/mol. The van der Waals surface area contributed by atoms with Gasteiger partial charge in [0.1, 0.15) is 0 Å². The summed E-state index contributed by atoms with van der Waals surface area (Å²) in [7, 11) is 0. The van der Waals surface area contributed by atoms with Gasteiger partial charge < -0.3 is 15.6 Å². The summed E-state index contributed by atoms with van der Waals surface area (Å²) in [4.78, 5) is 16.4. The maximum Gasteiger partial charge on any atom is 0.227 e. The Bertz CT molecular complexity index is 602. The Labute approximate surface area is 162 Å². The van der Waals surface area contributed by atoms with Crippen LogP contribution in [0.1, 0.15) is 37.8 Å². The van der Waals surface area contributed by atoms with Crippen molar-refractivity contribution in [3.8, 4) is 0 Å². The molecule has 1 aromatic heterocycles. The molecule has 140 valence electrons. The molecule has 0 aliphatic heterocycles. The van der Waals surface area contributed by atoms with Crippen molar-refractivity contribution in [1.82, 2.24) is 14.9 Å². The van der Waals surface area contributed by atoms with Gasteiger partial charge in [0, 0.05) is 32.0 Å². The second-order valence-electron chi connectivity index (χ2n) is 5.93. The monoisotopic (exact) mass is 386 g/mol. The number of aromatic nitrogens is 2. The zero-order chi connectivity index (χ0) is 16.7. The molecule has 2 rings (SSSR count). The van der Waals surface area contributed by atoms with Crippen LogP contribution in [0.5, 0.6) is 0 Å². The number of nitrogens with two attached hydrogens (primary N) is 1. The highest BCUT2D eigenvalue weighted by Gasteiger charge is 2.32. The number of rotatable bonds is 8. The van der Waals surface area contributed by atoms with Crippen LogP contribution < -0.4 is 11.1 Å². The van der Waals surface area contributed by atoms with E-state index in [-0.39, 0.29) is 30.7 Å². The van der Waals surface area contributed by atoms with Crippen LogP contribution in [-0.4, -0.2) is 22.0 Å². The zero-order valence-corrected chi connectivity index (χ0v) is 16.4. The molecule has 0 radical (unpaired) electrons. The Kier molecular flexibility index (Phi) is 10.4. The van der Waals surface area contributed by atoms with Crippen molar-refractivity contribution in [2.75, 3.05) is 6.54 Å². The van der Waals surface area contributed by atoms with Crippen molar-refractivity contribution in [1.29, 1.82) is 0 Å². The number of carbonyl (C=O) groups is 1. The van der Waals surface area contributed by atoms with E-state index >= 15 is 0 Å². The molecule has 0 unspecified atom stereocenters. The van der Waals surface area contributed by atoms with Crippen LogP contribution in [-0.2, 0) is 17.9 Å². The Morgan fingerprint density at radius 1 is 1.16 bits per heavy atom. The van der Waals surface area contributed by atoms with Crippen LogP contribution in [0.25, 0.3) is 0 Å². The van der Waals surface area contributed by atoms with Gasteiger partial charge in [-0.3, -0.25) is 4.79 Å². The van der Waals surface area contributed by atoms with E-state index in [4.69, 9.17) is 5.73 Å². The lowest BCUT2D eigenvalue weighted by atomic mass is 9.81. The van der Waals surface area contributed by atoms with Crippen LogP contribution in [0.2, 0.25) is 0 Å². The molecule has 0 fully saturated rings. The van der Waals surface area contributed by atoms with Gasteiger partial charge in [-0.05, 0) is 24.0 Å². The van der Waals surface area contributed by atoms with E-state index in [9.17, 15) is 4.79 Å². The third-order valence-electron chi connectivity index (χ3n) is 4.63. The number of nitrogens with one attached hydrogen (secondary N) is 1. The second-order valence-corrected chi connectivity index (χ2v) is 5.93. The fraction of sp³-hybridized carbons (Fsp3) is 0.444. The molecule has 0 aliphatic rings. The van der Waals surface area contributed by atoms with Crippen LogP contribution in [0.15, 0.2) is 43.0 Å². The molecular weight excluding hydrogens is 359 g/mol. The number of hydrogen-bond donors (Lipinski definition) is 2. The van der Waals surface area contributed by atoms with E-state index in [2.05, 4.69) is 34.6 Å². The molecule has 1 aromatic carbocycles. The molecule has 1 heterocycles. The Morgan fingerprint density at radius 3 is 2.24 bits per heavy atom. The summed E-state index contributed by atoms with van der Waals surface area (Å²) >= 11 is 0. The molecule has 0 aliphatic carbocycles. The van der Waals surface area contributed by atoms with Gasteiger partial charge >= 0.3 is 0 Å². The van der Waals surface area contributed by atoms with Crippen LogP contribution in [0.3, 0.4) is 0 Å². The van der Waals surface area contributed by atoms with Gasteiger partial charge in [0.05, 0.1) is 11.7 Å². The predicted molar refractivity (Wildman–Crippen MR) is 106 cm³/mol. The largest absolute Gasteiger partial charge is 0.352 e. The van der Waals surface area contributed by atoms with E-state index in [1.54, 1.807) is 12.5 Å². The highest BCUT2D eigenvalue weighted by molar-refractivity contribution is 5.85. The average Bonchev–Trinajstić information content (AvgIpc) is 3.09. The van der Waals surface area contributed by atoms with Crippen molar-refractivity contribution in [2.24, 2.45) is 11.1 Å². The van der Waals surface area contributed by atoms with Gasteiger partial charge in [-0.1, -0.05) is 38.1 Å². The van der Waals surface area contributed by atoms with Gasteiger partial charge in [0.15, 0.2) is 0 Å². The molecule has 7 heteroatoms. The summed E-state index contributed by atoms with van der Waals surface area (Å²) in [6, 6.07) is 8.26. The minimum Gasteiger partial charge on any atom is -0.352 e. The number of carbonyl (C=O) groups excluding carboxylic acids is 1. The van der Waals surface area contributed by atoms with Crippen molar-refractivity contribution in [3.05, 3.63) is 54.1 Å². The Morgan fingerprint density at radius 2 is 1.76 bits per heavy atom. The van der Waals surface area contributed by atoms with Crippen LogP contribution >= 0.6 is 24.8 Å². The summed E-state index contributed by atoms with van der Waals surface area (Å²) in [5.74, 6) is 0.0486. The molecule has 5 nitrogen and oxygen atoms in total. The molecule has 0 saturated heterocycles. The maximum absolute atomic E-state index is 12.4. The summed E-state index contributed by atoms with van der Waals surface area (Å²) in [5.41, 5.74) is 7.67. The van der Waals surface area contributed by atoms with E-state index in [1.807, 2.05) is 24.6 Å². The Hall–Kier alpha value is -1.56. The first-order valence-electron chi connectivity index (χ1n) is 8.15. The molecule has 25 heavy (non-hydrogen) atoms. The number of benzene rings is 1. The lowest BCUT2D eigenvalue weighted by molar-refractivity contribution is -0.131. The van der Waals surface area contributed by atoms with Gasteiger partial charge in [-0.25, -0.2) is 4.98 Å². The molecule has 0 spiro atoms. The highest BCUT2D eigenvalue weighted by Crippen LogP contribution is 2.25. The molecule has 0 saturated carbocycles. The highest BCUT2D eigenvalue weighted by atomic mass is 35.5. The van der Waals surface area contributed by atoms with Crippen molar-refractivity contribution < 1.29 is 4.79 Å². The molecule has 1 amide bonds. The standard InChI is InChI=1S/C18H26N4O.2ClH/c1-3-18(4-2,13-19)17(23)21-11-15-5-7-16(8-6-15)12-22-10-9-20-14-22;;/h5-10,14H,3-4,11-13,19H2,1-2H3,(H,21,23);2*1H. The minimum absolute atomic E-state index is 0. The lowest BCUT2D eigenvalue weighted by Crippen LogP contribution is -2.45. The fourth-order valence-corrected chi connectivity index (χ4v) is 2.68. The number of halogens is 2. The predicted octanol–water partition coefficient (Wildman–Crippen LogP) is 3.16. The molecule has 2 aromatic rings. The minimum atomic E-state index is -0.443. The molecule has 3 N–H and O–H groups in total. The van der Waals surface area contributed by atoms with Crippen molar-refractivity contribution in [3.63, 3.8) is 0 Å². The van der Waals surface area contributed by atoms with Crippen LogP contribution in [0.4, 0.5) is 0 Å². The van der Waals surface area contributed by atoms with Crippen molar-refractivity contribution >= 4 is 30.7 Å². The topological polar surface area (TPSA) is 72.9 Å². The summed E-state index contributed by atoms with van der Waals surface area (Å²) in [6.07, 6.45) is 7.03. The SMILES string of the molecule is CCC(CC)(CN)C(=O)NCc1ccc(Cn2ccnc2)cc1.Cl.Cl. The lowest BCUT2D eigenvalue weighted by Gasteiger charge is -2.28.